The first-order valence-electron chi connectivity index (χ1n) is 5.79. The van der Waals surface area contributed by atoms with Crippen molar-refractivity contribution in [1.29, 1.82) is 0 Å². The maximum atomic E-state index is 11.2. The van der Waals surface area contributed by atoms with E-state index >= 15 is 0 Å². The third kappa shape index (κ3) is 2.42. The zero-order valence-electron chi connectivity index (χ0n) is 10.0. The summed E-state index contributed by atoms with van der Waals surface area (Å²) < 4.78 is 0. The molecule has 1 N–H and O–H groups in total. The lowest BCUT2D eigenvalue weighted by Gasteiger charge is -2.20. The van der Waals surface area contributed by atoms with E-state index in [-0.39, 0.29) is 0 Å². The van der Waals surface area contributed by atoms with Crippen LogP contribution < -0.4 is 0 Å². The van der Waals surface area contributed by atoms with Crippen LogP contribution in [0, 0.1) is 5.92 Å². The van der Waals surface area contributed by atoms with Crippen LogP contribution in [0.3, 0.4) is 0 Å². The van der Waals surface area contributed by atoms with Gasteiger partial charge in [-0.3, -0.25) is 9.63 Å². The number of aldehydes is 1. The van der Waals surface area contributed by atoms with Crippen LogP contribution in [0.1, 0.15) is 12.5 Å². The van der Waals surface area contributed by atoms with Gasteiger partial charge in [0.15, 0.2) is 0 Å². The van der Waals surface area contributed by atoms with E-state index in [1.807, 2.05) is 30.3 Å². The second-order valence-electron chi connectivity index (χ2n) is 4.37. The summed E-state index contributed by atoms with van der Waals surface area (Å²) >= 11 is 0. The van der Waals surface area contributed by atoms with Gasteiger partial charge in [-0.1, -0.05) is 30.3 Å². The summed E-state index contributed by atoms with van der Waals surface area (Å²) in [5, 5.41) is 10.6. The molecule has 2 rings (SSSR count). The SMILES string of the molecule is CC1ON(Cc2ccccc2)C(C(=O)O)C1C=O. The Bertz CT molecular complexity index is 434. The van der Waals surface area contributed by atoms with E-state index < -0.39 is 24.0 Å². The molecule has 0 bridgehead atoms. The van der Waals surface area contributed by atoms with E-state index in [1.165, 1.54) is 5.06 Å². The number of carbonyl (C=O) groups is 2. The molecule has 0 saturated carbocycles. The van der Waals surface area contributed by atoms with E-state index in [0.717, 1.165) is 5.56 Å². The highest BCUT2D eigenvalue weighted by Crippen LogP contribution is 2.27. The summed E-state index contributed by atoms with van der Waals surface area (Å²) in [7, 11) is 0. The Morgan fingerprint density at radius 3 is 2.67 bits per heavy atom. The van der Waals surface area contributed by atoms with E-state index in [0.29, 0.717) is 12.8 Å². The molecule has 3 atom stereocenters. The second-order valence-corrected chi connectivity index (χ2v) is 4.37. The van der Waals surface area contributed by atoms with Gasteiger partial charge in [0.1, 0.15) is 12.3 Å². The van der Waals surface area contributed by atoms with Crippen molar-refractivity contribution in [2.24, 2.45) is 5.92 Å². The molecule has 18 heavy (non-hydrogen) atoms. The van der Waals surface area contributed by atoms with Gasteiger partial charge in [0.05, 0.1) is 18.6 Å². The largest absolute Gasteiger partial charge is 0.480 e. The third-order valence-electron chi connectivity index (χ3n) is 3.11. The fraction of sp³-hybridized carbons (Fsp3) is 0.385. The van der Waals surface area contributed by atoms with Gasteiger partial charge in [-0.05, 0) is 12.5 Å². The Labute approximate surface area is 105 Å². The molecule has 5 nitrogen and oxygen atoms in total. The predicted octanol–water partition coefficient (Wildman–Crippen LogP) is 1.09. The molecule has 0 amide bonds. The number of hydrogen-bond acceptors (Lipinski definition) is 4. The lowest BCUT2D eigenvalue weighted by atomic mass is 9.97. The van der Waals surface area contributed by atoms with Crippen LogP contribution in [0.4, 0.5) is 0 Å². The van der Waals surface area contributed by atoms with Gasteiger partial charge in [0, 0.05) is 0 Å². The number of hydroxylamine groups is 2. The van der Waals surface area contributed by atoms with Crippen LogP contribution in [0.5, 0.6) is 0 Å². The van der Waals surface area contributed by atoms with Gasteiger partial charge in [0.2, 0.25) is 0 Å². The van der Waals surface area contributed by atoms with Crippen molar-refractivity contribution in [2.75, 3.05) is 0 Å². The normalized spacial score (nSPS) is 28.2. The number of hydrogen-bond donors (Lipinski definition) is 1. The summed E-state index contributed by atoms with van der Waals surface area (Å²) in [4.78, 5) is 27.7. The topological polar surface area (TPSA) is 66.8 Å². The van der Waals surface area contributed by atoms with Crippen molar-refractivity contribution < 1.29 is 19.5 Å². The molecule has 0 aromatic heterocycles. The Kier molecular flexibility index (Phi) is 3.74. The molecule has 1 aromatic rings. The average molecular weight is 249 g/mol. The summed E-state index contributed by atoms with van der Waals surface area (Å²) in [6.45, 7) is 2.06. The number of benzene rings is 1. The molecule has 1 aliphatic heterocycles. The minimum Gasteiger partial charge on any atom is -0.480 e. The molecule has 0 radical (unpaired) electrons. The lowest BCUT2D eigenvalue weighted by Crippen LogP contribution is -2.39. The first-order chi connectivity index (χ1) is 8.63. The van der Waals surface area contributed by atoms with E-state index in [2.05, 4.69) is 0 Å². The molecule has 1 fully saturated rings. The fourth-order valence-corrected chi connectivity index (χ4v) is 2.17. The van der Waals surface area contributed by atoms with Crippen molar-refractivity contribution >= 4 is 12.3 Å². The van der Waals surface area contributed by atoms with Crippen molar-refractivity contribution in [3.8, 4) is 0 Å². The molecule has 0 aliphatic carbocycles. The van der Waals surface area contributed by atoms with Crippen LogP contribution in [0.15, 0.2) is 30.3 Å². The highest BCUT2D eigenvalue weighted by molar-refractivity contribution is 5.79. The van der Waals surface area contributed by atoms with Gasteiger partial charge in [-0.15, -0.1) is 0 Å². The number of aliphatic carboxylic acids is 1. The summed E-state index contributed by atoms with van der Waals surface area (Å²) in [5.41, 5.74) is 0.947. The molecule has 1 aliphatic rings. The maximum Gasteiger partial charge on any atom is 0.324 e. The predicted molar refractivity (Wildman–Crippen MR) is 63.5 cm³/mol. The molecule has 5 heteroatoms. The highest BCUT2D eigenvalue weighted by Gasteiger charge is 2.45. The van der Waals surface area contributed by atoms with Crippen molar-refractivity contribution in [1.82, 2.24) is 5.06 Å². The van der Waals surface area contributed by atoms with Gasteiger partial charge in [-0.2, -0.15) is 5.06 Å². The minimum absolute atomic E-state index is 0.354. The van der Waals surface area contributed by atoms with Gasteiger partial charge in [0.25, 0.3) is 0 Å². The molecule has 96 valence electrons. The quantitative estimate of drug-likeness (QED) is 0.809. The molecular weight excluding hydrogens is 234 g/mol. The Balaban J connectivity index is 2.17. The Morgan fingerprint density at radius 1 is 1.44 bits per heavy atom. The van der Waals surface area contributed by atoms with Gasteiger partial charge >= 0.3 is 5.97 Å². The van der Waals surface area contributed by atoms with E-state index in [9.17, 15) is 14.7 Å². The highest BCUT2D eigenvalue weighted by atomic mass is 16.7. The monoisotopic (exact) mass is 249 g/mol. The zero-order valence-corrected chi connectivity index (χ0v) is 10.0. The second kappa shape index (κ2) is 5.29. The zero-order chi connectivity index (χ0) is 13.1. The minimum atomic E-state index is -1.03. The van der Waals surface area contributed by atoms with Crippen LogP contribution >= 0.6 is 0 Å². The smallest absolute Gasteiger partial charge is 0.324 e. The molecular formula is C13H15NO4. The van der Waals surface area contributed by atoms with Crippen LogP contribution in [0.2, 0.25) is 0 Å². The number of carboxylic acid groups (broad SMARTS) is 1. The summed E-state index contributed by atoms with van der Waals surface area (Å²) in [6.07, 6.45) is 0.251. The number of nitrogens with zero attached hydrogens (tertiary/aromatic N) is 1. The molecule has 0 spiro atoms. The molecule has 3 unspecified atom stereocenters. The molecule has 1 aromatic carbocycles. The van der Waals surface area contributed by atoms with Crippen molar-refractivity contribution in [3.63, 3.8) is 0 Å². The number of carbonyl (C=O) groups excluding carboxylic acids is 1. The third-order valence-corrected chi connectivity index (χ3v) is 3.11. The van der Waals surface area contributed by atoms with E-state index in [1.54, 1.807) is 6.92 Å². The molecule has 1 saturated heterocycles. The first-order valence-corrected chi connectivity index (χ1v) is 5.79. The average Bonchev–Trinajstić information content (AvgIpc) is 2.66. The molecule has 1 heterocycles. The Morgan fingerprint density at radius 2 is 2.11 bits per heavy atom. The standard InChI is InChI=1S/C13H15NO4/c1-9-11(8-15)12(13(16)17)14(18-9)7-10-5-3-2-4-6-10/h2-6,8-9,11-12H,7H2,1H3,(H,16,17). The van der Waals surface area contributed by atoms with Crippen molar-refractivity contribution in [2.45, 2.75) is 25.6 Å². The summed E-state index contributed by atoms with van der Waals surface area (Å²) in [5.74, 6) is -1.67. The summed E-state index contributed by atoms with van der Waals surface area (Å²) in [6, 6.07) is 8.50. The van der Waals surface area contributed by atoms with Crippen molar-refractivity contribution in [3.05, 3.63) is 35.9 Å². The fourth-order valence-electron chi connectivity index (χ4n) is 2.17. The van der Waals surface area contributed by atoms with Gasteiger partial charge < -0.3 is 9.90 Å². The lowest BCUT2D eigenvalue weighted by molar-refractivity contribution is -0.180. The first kappa shape index (κ1) is 12.7. The maximum absolute atomic E-state index is 11.2. The van der Waals surface area contributed by atoms with E-state index in [4.69, 9.17) is 4.84 Å². The van der Waals surface area contributed by atoms with Crippen LogP contribution in [0.25, 0.3) is 0 Å². The Hall–Kier alpha value is -1.72. The van der Waals surface area contributed by atoms with Crippen LogP contribution in [-0.2, 0) is 21.0 Å². The number of carboxylic acids is 1. The van der Waals surface area contributed by atoms with Gasteiger partial charge in [-0.25, -0.2) is 0 Å². The van der Waals surface area contributed by atoms with Crippen LogP contribution in [-0.4, -0.2) is 34.6 Å². The number of rotatable bonds is 4.